The number of hydrogen-bond acceptors (Lipinski definition) is 4. The van der Waals surface area contributed by atoms with E-state index in [1.807, 2.05) is 20.2 Å². The summed E-state index contributed by atoms with van der Waals surface area (Å²) in [6, 6.07) is 4.80. The summed E-state index contributed by atoms with van der Waals surface area (Å²) in [6.07, 6.45) is 2.79. The van der Waals surface area contributed by atoms with Gasteiger partial charge in [-0.3, -0.25) is 4.68 Å². The quantitative estimate of drug-likeness (QED) is 0.784. The van der Waals surface area contributed by atoms with Crippen LogP contribution in [0, 0.1) is 0 Å². The second-order valence-electron chi connectivity index (χ2n) is 4.88. The van der Waals surface area contributed by atoms with E-state index in [9.17, 15) is 4.79 Å². The first kappa shape index (κ1) is 13.3. The van der Waals surface area contributed by atoms with Gasteiger partial charge >= 0.3 is 5.97 Å². The number of nitrogens with zero attached hydrogens (tertiary/aromatic N) is 5. The number of fused-ring (bicyclic) bond motifs is 1. The molecule has 0 spiro atoms. The molecule has 0 bridgehead atoms. The molecule has 0 aliphatic heterocycles. The summed E-state index contributed by atoms with van der Waals surface area (Å²) in [6.45, 7) is 2.57. The van der Waals surface area contributed by atoms with Crippen LogP contribution in [0.5, 0.6) is 0 Å². The van der Waals surface area contributed by atoms with Gasteiger partial charge in [-0.1, -0.05) is 12.1 Å². The number of carboxylic acids is 1. The molecular weight excluding hydrogens is 270 g/mol. The molecule has 2 heterocycles. The van der Waals surface area contributed by atoms with Crippen molar-refractivity contribution in [3.63, 3.8) is 0 Å². The Bertz CT molecular complexity index is 818. The van der Waals surface area contributed by atoms with Gasteiger partial charge in [-0.05, 0) is 24.6 Å². The Hall–Kier alpha value is -2.70. The fraction of sp³-hybridized carbons (Fsp3) is 0.286. The highest BCUT2D eigenvalue weighted by Gasteiger charge is 2.12. The van der Waals surface area contributed by atoms with Crippen molar-refractivity contribution in [1.29, 1.82) is 0 Å². The van der Waals surface area contributed by atoms with Crippen LogP contribution >= 0.6 is 0 Å². The van der Waals surface area contributed by atoms with Gasteiger partial charge in [0.1, 0.15) is 5.52 Å². The minimum absolute atomic E-state index is 0.230. The Labute approximate surface area is 120 Å². The summed E-state index contributed by atoms with van der Waals surface area (Å²) in [4.78, 5) is 11.1. The molecule has 0 saturated carbocycles. The summed E-state index contributed by atoms with van der Waals surface area (Å²) in [5, 5.41) is 21.7. The number of rotatable bonds is 4. The zero-order valence-corrected chi connectivity index (χ0v) is 11.8. The number of benzene rings is 1. The van der Waals surface area contributed by atoms with Crippen molar-refractivity contribution in [3.05, 3.63) is 41.2 Å². The lowest BCUT2D eigenvalue weighted by molar-refractivity contribution is 0.0697. The highest BCUT2D eigenvalue weighted by molar-refractivity contribution is 5.92. The summed E-state index contributed by atoms with van der Waals surface area (Å²) in [7, 11) is 1.88. The van der Waals surface area contributed by atoms with E-state index in [1.54, 1.807) is 21.5 Å². The van der Waals surface area contributed by atoms with Crippen molar-refractivity contribution < 1.29 is 9.90 Å². The maximum atomic E-state index is 11.1. The minimum atomic E-state index is -0.958. The van der Waals surface area contributed by atoms with Crippen molar-refractivity contribution in [2.24, 2.45) is 7.05 Å². The Morgan fingerprint density at radius 1 is 1.38 bits per heavy atom. The largest absolute Gasteiger partial charge is 0.478 e. The van der Waals surface area contributed by atoms with Crippen LogP contribution in [0.2, 0.25) is 0 Å². The second-order valence-corrected chi connectivity index (χ2v) is 4.88. The lowest BCUT2D eigenvalue weighted by Gasteiger charge is -2.02. The molecule has 3 rings (SSSR count). The van der Waals surface area contributed by atoms with E-state index >= 15 is 0 Å². The molecule has 1 aromatic carbocycles. The van der Waals surface area contributed by atoms with Gasteiger partial charge in [-0.15, -0.1) is 5.10 Å². The Balaban J connectivity index is 2.03. The van der Waals surface area contributed by atoms with Crippen molar-refractivity contribution in [2.45, 2.75) is 19.9 Å². The van der Waals surface area contributed by atoms with Gasteiger partial charge in [0.05, 0.1) is 23.3 Å². The van der Waals surface area contributed by atoms with Gasteiger partial charge in [0, 0.05) is 18.8 Å². The predicted molar refractivity (Wildman–Crippen MR) is 76.2 cm³/mol. The van der Waals surface area contributed by atoms with Crippen LogP contribution in [0.3, 0.4) is 0 Å². The molecular formula is C14H15N5O2. The first-order valence-corrected chi connectivity index (χ1v) is 6.66. The van der Waals surface area contributed by atoms with E-state index in [1.165, 1.54) is 6.07 Å². The van der Waals surface area contributed by atoms with Crippen molar-refractivity contribution in [1.82, 2.24) is 24.8 Å². The molecule has 7 nitrogen and oxygen atoms in total. The second kappa shape index (κ2) is 5.01. The number of aryl methyl sites for hydroxylation is 2. The molecule has 0 fully saturated rings. The summed E-state index contributed by atoms with van der Waals surface area (Å²) < 4.78 is 3.48. The molecule has 0 unspecified atom stereocenters. The molecule has 0 aliphatic carbocycles. The third-order valence-corrected chi connectivity index (χ3v) is 3.41. The zero-order chi connectivity index (χ0) is 15.0. The maximum absolute atomic E-state index is 11.1. The molecule has 7 heteroatoms. The Kier molecular flexibility index (Phi) is 3.17. The molecule has 0 amide bonds. The third-order valence-electron chi connectivity index (χ3n) is 3.41. The number of hydrogen-bond donors (Lipinski definition) is 1. The maximum Gasteiger partial charge on any atom is 0.335 e. The Morgan fingerprint density at radius 3 is 2.90 bits per heavy atom. The fourth-order valence-electron chi connectivity index (χ4n) is 2.39. The average molecular weight is 285 g/mol. The van der Waals surface area contributed by atoms with Crippen LogP contribution in [-0.4, -0.2) is 35.9 Å². The monoisotopic (exact) mass is 285 g/mol. The van der Waals surface area contributed by atoms with E-state index in [-0.39, 0.29) is 5.56 Å². The van der Waals surface area contributed by atoms with Gasteiger partial charge in [0.15, 0.2) is 0 Å². The topological polar surface area (TPSA) is 85.8 Å². The molecule has 0 saturated heterocycles. The molecule has 0 aliphatic rings. The number of carbonyl (C=O) groups is 1. The molecule has 21 heavy (non-hydrogen) atoms. The molecule has 108 valence electrons. The third kappa shape index (κ3) is 2.37. The van der Waals surface area contributed by atoms with Crippen molar-refractivity contribution in [3.8, 4) is 0 Å². The van der Waals surface area contributed by atoms with E-state index in [4.69, 9.17) is 5.11 Å². The normalized spacial score (nSPS) is 11.1. The molecule has 1 N–H and O–H groups in total. The Morgan fingerprint density at radius 2 is 2.19 bits per heavy atom. The van der Waals surface area contributed by atoms with E-state index < -0.39 is 5.97 Å². The SMILES string of the molecule is CCc1nn(C)cc1Cn1nnc2ccc(C(=O)O)cc21. The first-order valence-electron chi connectivity index (χ1n) is 6.66. The van der Waals surface area contributed by atoms with E-state index in [2.05, 4.69) is 15.4 Å². The van der Waals surface area contributed by atoms with Crippen LogP contribution in [0.15, 0.2) is 24.4 Å². The lowest BCUT2D eigenvalue weighted by Crippen LogP contribution is -2.04. The molecule has 3 aromatic rings. The highest BCUT2D eigenvalue weighted by Crippen LogP contribution is 2.16. The smallest absolute Gasteiger partial charge is 0.335 e. The molecule has 0 atom stereocenters. The van der Waals surface area contributed by atoms with E-state index in [0.29, 0.717) is 17.6 Å². The van der Waals surface area contributed by atoms with Crippen LogP contribution in [-0.2, 0) is 20.0 Å². The number of aromatic nitrogens is 5. The predicted octanol–water partition coefficient (Wildman–Crippen LogP) is 1.47. The van der Waals surface area contributed by atoms with Gasteiger partial charge in [-0.25, -0.2) is 9.48 Å². The fourth-order valence-corrected chi connectivity index (χ4v) is 2.39. The highest BCUT2D eigenvalue weighted by atomic mass is 16.4. The van der Waals surface area contributed by atoms with Gasteiger partial charge in [0.2, 0.25) is 0 Å². The molecule has 2 aromatic heterocycles. The average Bonchev–Trinajstić information content (AvgIpc) is 3.02. The number of carboxylic acid groups (broad SMARTS) is 1. The minimum Gasteiger partial charge on any atom is -0.478 e. The van der Waals surface area contributed by atoms with Crippen molar-refractivity contribution >= 4 is 17.0 Å². The standard InChI is InChI=1S/C14H15N5O2/c1-3-11-10(7-18(2)16-11)8-19-13-6-9(14(20)21)4-5-12(13)15-17-19/h4-7H,3,8H2,1-2H3,(H,20,21). The van der Waals surface area contributed by atoms with Crippen LogP contribution < -0.4 is 0 Å². The summed E-state index contributed by atoms with van der Waals surface area (Å²) in [5.41, 5.74) is 3.69. The molecule has 0 radical (unpaired) electrons. The van der Waals surface area contributed by atoms with Crippen LogP contribution in [0.1, 0.15) is 28.5 Å². The van der Waals surface area contributed by atoms with Crippen LogP contribution in [0.4, 0.5) is 0 Å². The number of aromatic carboxylic acids is 1. The summed E-state index contributed by atoms with van der Waals surface area (Å²) in [5.74, 6) is -0.958. The lowest BCUT2D eigenvalue weighted by atomic mass is 10.2. The van der Waals surface area contributed by atoms with E-state index in [0.717, 1.165) is 17.7 Å². The van der Waals surface area contributed by atoms with Gasteiger partial charge in [-0.2, -0.15) is 5.10 Å². The first-order chi connectivity index (χ1) is 10.1. The van der Waals surface area contributed by atoms with Crippen molar-refractivity contribution in [2.75, 3.05) is 0 Å². The van der Waals surface area contributed by atoms with Gasteiger partial charge in [0.25, 0.3) is 0 Å². The van der Waals surface area contributed by atoms with Gasteiger partial charge < -0.3 is 5.11 Å². The zero-order valence-electron chi connectivity index (χ0n) is 11.8. The summed E-state index contributed by atoms with van der Waals surface area (Å²) >= 11 is 0. The van der Waals surface area contributed by atoms with Crippen LogP contribution in [0.25, 0.3) is 11.0 Å².